The quantitative estimate of drug-likeness (QED) is 0.632. The van der Waals surface area contributed by atoms with Gasteiger partial charge in [-0.1, -0.05) is 13.0 Å². The number of nitrogens with zero attached hydrogens (tertiary/aromatic N) is 3. The van der Waals surface area contributed by atoms with E-state index < -0.39 is 22.9 Å². The molecular weight excluding hydrogens is 216 g/mol. The van der Waals surface area contributed by atoms with Crippen LogP contribution >= 0.6 is 0 Å². The summed E-state index contributed by atoms with van der Waals surface area (Å²) in [4.78, 5) is 0. The van der Waals surface area contributed by atoms with Gasteiger partial charge in [-0.25, -0.2) is 0 Å². The lowest BCUT2D eigenvalue weighted by Gasteiger charge is -2.37. The Kier molecular flexibility index (Phi) is 2.03. The molecule has 84 valence electrons. The summed E-state index contributed by atoms with van der Waals surface area (Å²) >= 11 is 0. The van der Waals surface area contributed by atoms with Crippen molar-refractivity contribution >= 4 is 5.90 Å². The molecule has 1 aliphatic carbocycles. The SMILES string of the molecule is CC1=C[C@@H](C)[C@]2(C#N)C(=N)O[C@@H]1C2(C#N)C#N. The van der Waals surface area contributed by atoms with Gasteiger partial charge in [0, 0.05) is 5.92 Å². The molecular formula is C12H10N4O. The van der Waals surface area contributed by atoms with E-state index >= 15 is 0 Å². The number of fused-ring (bicyclic) bond motifs is 2. The van der Waals surface area contributed by atoms with Gasteiger partial charge in [0.15, 0.2) is 11.5 Å². The summed E-state index contributed by atoms with van der Waals surface area (Å²) in [5, 5.41) is 35.9. The second-order valence-electron chi connectivity index (χ2n) is 4.48. The van der Waals surface area contributed by atoms with Crippen molar-refractivity contribution in [1.29, 1.82) is 21.2 Å². The third-order valence-electron chi connectivity index (χ3n) is 3.75. The summed E-state index contributed by atoms with van der Waals surface area (Å²) in [6.45, 7) is 3.49. The van der Waals surface area contributed by atoms with Crippen LogP contribution in [0.25, 0.3) is 0 Å². The van der Waals surface area contributed by atoms with Gasteiger partial charge in [0.25, 0.3) is 0 Å². The molecule has 0 saturated carbocycles. The van der Waals surface area contributed by atoms with E-state index in [1.54, 1.807) is 13.8 Å². The average molecular weight is 226 g/mol. The van der Waals surface area contributed by atoms with Crippen molar-refractivity contribution in [1.82, 2.24) is 0 Å². The lowest BCUT2D eigenvalue weighted by atomic mass is 9.55. The standard InChI is InChI=1S/C12H10N4O/c1-7-3-8(2)12(6-15)10(16)17-9(7)11(12,4-13)5-14/h3,8-9,16H,1-2H3/t8-,9+,12-/m1/s1. The zero-order valence-electron chi connectivity index (χ0n) is 9.48. The Balaban J connectivity index is 2.85. The summed E-state index contributed by atoms with van der Waals surface area (Å²) in [6, 6.07) is 5.83. The first kappa shape index (κ1) is 11.2. The molecule has 5 nitrogen and oxygen atoms in total. The maximum Gasteiger partial charge on any atom is 0.211 e. The van der Waals surface area contributed by atoms with Crippen molar-refractivity contribution in [2.45, 2.75) is 20.0 Å². The molecule has 0 radical (unpaired) electrons. The fourth-order valence-electron chi connectivity index (χ4n) is 2.85. The minimum absolute atomic E-state index is 0.270. The molecule has 1 fully saturated rings. The summed E-state index contributed by atoms with van der Waals surface area (Å²) in [6.07, 6.45) is 1.00. The van der Waals surface area contributed by atoms with Crippen molar-refractivity contribution in [3.8, 4) is 18.2 Å². The maximum absolute atomic E-state index is 9.39. The van der Waals surface area contributed by atoms with Gasteiger partial charge in [0.1, 0.15) is 0 Å². The highest BCUT2D eigenvalue weighted by molar-refractivity contribution is 5.90. The van der Waals surface area contributed by atoms with Crippen molar-refractivity contribution < 1.29 is 4.74 Å². The predicted molar refractivity (Wildman–Crippen MR) is 57.2 cm³/mol. The molecule has 1 heterocycles. The second-order valence-corrected chi connectivity index (χ2v) is 4.48. The number of nitrogens with one attached hydrogen (secondary N) is 1. The first-order valence-corrected chi connectivity index (χ1v) is 5.18. The normalized spacial score (nSPS) is 37.1. The fraction of sp³-hybridized carbons (Fsp3) is 0.500. The first-order valence-electron chi connectivity index (χ1n) is 5.18. The van der Waals surface area contributed by atoms with E-state index in [1.807, 2.05) is 24.3 Å². The van der Waals surface area contributed by atoms with E-state index in [0.29, 0.717) is 0 Å². The number of allylic oxidation sites excluding steroid dienone is 1. The highest BCUT2D eigenvalue weighted by Crippen LogP contribution is 2.58. The van der Waals surface area contributed by atoms with Gasteiger partial charge >= 0.3 is 0 Å². The highest BCUT2D eigenvalue weighted by Gasteiger charge is 2.72. The Morgan fingerprint density at radius 1 is 1.29 bits per heavy atom. The molecule has 0 amide bonds. The van der Waals surface area contributed by atoms with Crippen LogP contribution in [-0.2, 0) is 4.74 Å². The van der Waals surface area contributed by atoms with Crippen LogP contribution in [0, 0.1) is 56.2 Å². The fourth-order valence-corrected chi connectivity index (χ4v) is 2.85. The largest absolute Gasteiger partial charge is 0.469 e. The first-order chi connectivity index (χ1) is 8.00. The number of hydrogen-bond donors (Lipinski definition) is 1. The number of nitriles is 3. The average Bonchev–Trinajstić information content (AvgIpc) is 2.53. The van der Waals surface area contributed by atoms with E-state index in [0.717, 1.165) is 5.57 Å². The van der Waals surface area contributed by atoms with E-state index in [9.17, 15) is 15.8 Å². The Labute approximate surface area is 99.0 Å². The van der Waals surface area contributed by atoms with Gasteiger partial charge in [-0.15, -0.1) is 0 Å². The smallest absolute Gasteiger partial charge is 0.211 e. The molecule has 0 unspecified atom stereocenters. The van der Waals surface area contributed by atoms with Gasteiger partial charge in [0.2, 0.25) is 11.3 Å². The van der Waals surface area contributed by atoms with Crippen LogP contribution in [0.4, 0.5) is 0 Å². The molecule has 5 heteroatoms. The molecule has 2 aliphatic rings. The molecule has 0 aromatic rings. The Morgan fingerprint density at radius 2 is 1.88 bits per heavy atom. The summed E-state index contributed by atoms with van der Waals surface area (Å²) in [5.74, 6) is -0.660. The number of rotatable bonds is 0. The third-order valence-corrected chi connectivity index (χ3v) is 3.75. The minimum Gasteiger partial charge on any atom is -0.469 e. The molecule has 0 aromatic heterocycles. The molecule has 2 rings (SSSR count). The Bertz CT molecular complexity index is 543. The van der Waals surface area contributed by atoms with Crippen LogP contribution in [0.5, 0.6) is 0 Å². The van der Waals surface area contributed by atoms with E-state index in [2.05, 4.69) is 0 Å². The highest BCUT2D eigenvalue weighted by atomic mass is 16.5. The predicted octanol–water partition coefficient (Wildman–Crippen LogP) is 1.50. The zero-order chi connectivity index (χ0) is 12.8. The Morgan fingerprint density at radius 3 is 2.35 bits per heavy atom. The topological polar surface area (TPSA) is 104 Å². The summed E-state index contributed by atoms with van der Waals surface area (Å²) in [7, 11) is 0. The molecule has 2 bridgehead atoms. The van der Waals surface area contributed by atoms with Crippen LogP contribution < -0.4 is 0 Å². The number of hydrogen-bond acceptors (Lipinski definition) is 5. The van der Waals surface area contributed by atoms with Crippen LogP contribution in [0.3, 0.4) is 0 Å². The molecule has 0 spiro atoms. The van der Waals surface area contributed by atoms with Crippen LogP contribution in [0.2, 0.25) is 0 Å². The summed E-state index contributed by atoms with van der Waals surface area (Å²) in [5.41, 5.74) is -2.37. The second kappa shape index (κ2) is 3.09. The van der Waals surface area contributed by atoms with Gasteiger partial charge in [-0.2, -0.15) is 15.8 Å². The zero-order valence-corrected chi connectivity index (χ0v) is 9.48. The molecule has 1 N–H and O–H groups in total. The van der Waals surface area contributed by atoms with Crippen molar-refractivity contribution in [3.05, 3.63) is 11.6 Å². The van der Waals surface area contributed by atoms with Crippen LogP contribution in [0.1, 0.15) is 13.8 Å². The lowest BCUT2D eigenvalue weighted by Crippen LogP contribution is -2.50. The van der Waals surface area contributed by atoms with Gasteiger partial charge in [-0.05, 0) is 12.5 Å². The maximum atomic E-state index is 9.39. The van der Waals surface area contributed by atoms with Crippen LogP contribution in [0.15, 0.2) is 11.6 Å². The lowest BCUT2D eigenvalue weighted by molar-refractivity contribution is 0.155. The van der Waals surface area contributed by atoms with E-state index in [1.165, 1.54) is 0 Å². The molecule has 17 heavy (non-hydrogen) atoms. The molecule has 1 aliphatic heterocycles. The van der Waals surface area contributed by atoms with Crippen molar-refractivity contribution in [2.75, 3.05) is 0 Å². The molecule has 1 saturated heterocycles. The Hall–Kier alpha value is -2.32. The minimum atomic E-state index is -1.61. The van der Waals surface area contributed by atoms with Gasteiger partial charge in [0.05, 0.1) is 18.2 Å². The van der Waals surface area contributed by atoms with E-state index in [-0.39, 0.29) is 5.90 Å². The van der Waals surface area contributed by atoms with Gasteiger partial charge < -0.3 is 4.74 Å². The number of ether oxygens (including phenoxy) is 1. The van der Waals surface area contributed by atoms with Gasteiger partial charge in [-0.3, -0.25) is 5.41 Å². The van der Waals surface area contributed by atoms with Crippen molar-refractivity contribution in [3.63, 3.8) is 0 Å². The molecule has 3 atom stereocenters. The third kappa shape index (κ3) is 0.894. The monoisotopic (exact) mass is 226 g/mol. The summed E-state index contributed by atoms with van der Waals surface area (Å²) < 4.78 is 5.31. The molecule has 0 aromatic carbocycles. The van der Waals surface area contributed by atoms with E-state index in [4.69, 9.17) is 10.1 Å². The van der Waals surface area contributed by atoms with Crippen LogP contribution in [-0.4, -0.2) is 12.0 Å². The van der Waals surface area contributed by atoms with Crippen molar-refractivity contribution in [2.24, 2.45) is 16.7 Å².